The summed E-state index contributed by atoms with van der Waals surface area (Å²) in [5.74, 6) is -1.80. The standard InChI is InChI=1S/C11H9F3O4/c1-2-17-10(16)9-7(6-15)4-3-5-8(9)18-11(12,13)14/h3-6H,2H2,1H3. The number of benzene rings is 1. The van der Waals surface area contributed by atoms with Gasteiger partial charge in [-0.15, -0.1) is 13.2 Å². The van der Waals surface area contributed by atoms with Crippen LogP contribution in [0.1, 0.15) is 27.6 Å². The molecule has 0 aliphatic heterocycles. The Bertz CT molecular complexity index is 454. The quantitative estimate of drug-likeness (QED) is 0.618. The number of aldehydes is 1. The predicted molar refractivity (Wildman–Crippen MR) is 54.5 cm³/mol. The van der Waals surface area contributed by atoms with Crippen LogP contribution in [-0.2, 0) is 4.74 Å². The molecule has 1 rings (SSSR count). The fourth-order valence-electron chi connectivity index (χ4n) is 1.28. The van der Waals surface area contributed by atoms with Crippen LogP contribution < -0.4 is 4.74 Å². The summed E-state index contributed by atoms with van der Waals surface area (Å²) < 4.78 is 44.7. The van der Waals surface area contributed by atoms with Crippen LogP contribution in [-0.4, -0.2) is 25.2 Å². The summed E-state index contributed by atoms with van der Waals surface area (Å²) in [6.07, 6.45) is -4.70. The third-order valence-corrected chi connectivity index (χ3v) is 1.89. The molecule has 0 unspecified atom stereocenters. The number of carbonyl (C=O) groups is 2. The molecule has 0 saturated heterocycles. The molecule has 1 aromatic carbocycles. The van der Waals surface area contributed by atoms with Gasteiger partial charge in [0.15, 0.2) is 6.29 Å². The molecule has 4 nitrogen and oxygen atoms in total. The van der Waals surface area contributed by atoms with Crippen LogP contribution >= 0.6 is 0 Å². The van der Waals surface area contributed by atoms with E-state index < -0.39 is 23.6 Å². The summed E-state index contributed by atoms with van der Waals surface area (Å²) in [7, 11) is 0. The number of carbonyl (C=O) groups excluding carboxylic acids is 2. The van der Waals surface area contributed by atoms with Gasteiger partial charge in [-0.1, -0.05) is 12.1 Å². The highest BCUT2D eigenvalue weighted by Gasteiger charge is 2.33. The Morgan fingerprint density at radius 3 is 2.56 bits per heavy atom. The number of esters is 1. The van der Waals surface area contributed by atoms with E-state index in [0.29, 0.717) is 0 Å². The second-order valence-electron chi connectivity index (χ2n) is 3.11. The molecule has 0 fully saturated rings. The number of hydrogen-bond donors (Lipinski definition) is 0. The molecule has 0 bridgehead atoms. The van der Waals surface area contributed by atoms with Gasteiger partial charge in [-0.05, 0) is 13.0 Å². The van der Waals surface area contributed by atoms with Crippen LogP contribution in [0.5, 0.6) is 5.75 Å². The minimum atomic E-state index is -4.96. The Kier molecular flexibility index (Phi) is 4.30. The van der Waals surface area contributed by atoms with Crippen molar-refractivity contribution in [3.05, 3.63) is 29.3 Å². The van der Waals surface area contributed by atoms with Crippen LogP contribution in [0.4, 0.5) is 13.2 Å². The van der Waals surface area contributed by atoms with Gasteiger partial charge in [-0.3, -0.25) is 4.79 Å². The van der Waals surface area contributed by atoms with Crippen molar-refractivity contribution < 1.29 is 32.2 Å². The highest BCUT2D eigenvalue weighted by atomic mass is 19.4. The van der Waals surface area contributed by atoms with Crippen molar-refractivity contribution in [1.29, 1.82) is 0 Å². The van der Waals surface area contributed by atoms with Gasteiger partial charge in [0, 0.05) is 5.56 Å². The van der Waals surface area contributed by atoms with E-state index in [4.69, 9.17) is 0 Å². The van der Waals surface area contributed by atoms with Gasteiger partial charge in [0.25, 0.3) is 0 Å². The molecule has 0 aromatic heterocycles. The molecule has 98 valence electrons. The van der Waals surface area contributed by atoms with E-state index in [1.165, 1.54) is 19.1 Å². The van der Waals surface area contributed by atoms with Crippen molar-refractivity contribution in [2.45, 2.75) is 13.3 Å². The number of halogens is 3. The monoisotopic (exact) mass is 262 g/mol. The molecule has 0 heterocycles. The van der Waals surface area contributed by atoms with Crippen LogP contribution in [0.2, 0.25) is 0 Å². The zero-order valence-corrected chi connectivity index (χ0v) is 9.28. The SMILES string of the molecule is CCOC(=O)c1c(C=O)cccc1OC(F)(F)F. The van der Waals surface area contributed by atoms with Gasteiger partial charge in [0.05, 0.1) is 6.61 Å². The number of alkyl halides is 3. The second kappa shape index (κ2) is 5.52. The van der Waals surface area contributed by atoms with Crippen molar-refractivity contribution in [2.75, 3.05) is 6.61 Å². The highest BCUT2D eigenvalue weighted by Crippen LogP contribution is 2.28. The topological polar surface area (TPSA) is 52.6 Å². The molecule has 0 amide bonds. The first kappa shape index (κ1) is 14.0. The normalized spacial score (nSPS) is 10.9. The van der Waals surface area contributed by atoms with E-state index in [1.54, 1.807) is 0 Å². The zero-order valence-electron chi connectivity index (χ0n) is 9.28. The molecule has 0 atom stereocenters. The summed E-state index contributed by atoms with van der Waals surface area (Å²) in [5.41, 5.74) is -0.762. The average Bonchev–Trinajstić information content (AvgIpc) is 2.26. The lowest BCUT2D eigenvalue weighted by atomic mass is 10.1. The van der Waals surface area contributed by atoms with Gasteiger partial charge >= 0.3 is 12.3 Å². The van der Waals surface area contributed by atoms with Crippen molar-refractivity contribution in [3.63, 3.8) is 0 Å². The summed E-state index contributed by atoms with van der Waals surface area (Å²) in [6, 6.07) is 3.31. The fraction of sp³-hybridized carbons (Fsp3) is 0.273. The van der Waals surface area contributed by atoms with Gasteiger partial charge in [-0.25, -0.2) is 4.79 Å². The molecule has 0 aliphatic rings. The first-order valence-corrected chi connectivity index (χ1v) is 4.90. The van der Waals surface area contributed by atoms with Crippen molar-refractivity contribution in [3.8, 4) is 5.75 Å². The molecule has 0 N–H and O–H groups in total. The summed E-state index contributed by atoms with van der Waals surface area (Å²) in [5, 5.41) is 0. The Morgan fingerprint density at radius 2 is 2.06 bits per heavy atom. The van der Waals surface area contributed by atoms with E-state index in [1.807, 2.05) is 0 Å². The van der Waals surface area contributed by atoms with Crippen LogP contribution in [0.3, 0.4) is 0 Å². The largest absolute Gasteiger partial charge is 0.573 e. The molecule has 0 spiro atoms. The summed E-state index contributed by atoms with van der Waals surface area (Å²) in [6.45, 7) is 1.46. The predicted octanol–water partition coefficient (Wildman–Crippen LogP) is 2.57. The number of ether oxygens (including phenoxy) is 2. The lowest BCUT2D eigenvalue weighted by Crippen LogP contribution is -2.20. The average molecular weight is 262 g/mol. The van der Waals surface area contributed by atoms with E-state index in [0.717, 1.165) is 6.07 Å². The molecule has 0 saturated carbocycles. The van der Waals surface area contributed by atoms with Gasteiger partial charge < -0.3 is 9.47 Å². The second-order valence-corrected chi connectivity index (χ2v) is 3.11. The molecule has 18 heavy (non-hydrogen) atoms. The first-order chi connectivity index (χ1) is 8.39. The molecular weight excluding hydrogens is 253 g/mol. The van der Waals surface area contributed by atoms with Crippen LogP contribution in [0, 0.1) is 0 Å². The molecular formula is C11H9F3O4. The van der Waals surface area contributed by atoms with Gasteiger partial charge in [0.1, 0.15) is 11.3 Å². The smallest absolute Gasteiger partial charge is 0.462 e. The minimum Gasteiger partial charge on any atom is -0.462 e. The molecule has 1 aromatic rings. The lowest BCUT2D eigenvalue weighted by Gasteiger charge is -2.13. The highest BCUT2D eigenvalue weighted by molar-refractivity contribution is 6.00. The van der Waals surface area contributed by atoms with E-state index in [2.05, 4.69) is 9.47 Å². The van der Waals surface area contributed by atoms with Crippen LogP contribution in [0.15, 0.2) is 18.2 Å². The van der Waals surface area contributed by atoms with Crippen molar-refractivity contribution in [1.82, 2.24) is 0 Å². The minimum absolute atomic E-state index is 0.0303. The Balaban J connectivity index is 3.24. The number of hydrogen-bond acceptors (Lipinski definition) is 4. The lowest BCUT2D eigenvalue weighted by molar-refractivity contribution is -0.274. The third kappa shape index (κ3) is 3.47. The number of rotatable bonds is 4. The summed E-state index contributed by atoms with van der Waals surface area (Å²) in [4.78, 5) is 22.2. The summed E-state index contributed by atoms with van der Waals surface area (Å²) >= 11 is 0. The maximum Gasteiger partial charge on any atom is 0.573 e. The van der Waals surface area contributed by atoms with E-state index in [-0.39, 0.29) is 18.5 Å². The van der Waals surface area contributed by atoms with Gasteiger partial charge in [-0.2, -0.15) is 0 Å². The first-order valence-electron chi connectivity index (χ1n) is 4.90. The van der Waals surface area contributed by atoms with Crippen molar-refractivity contribution >= 4 is 12.3 Å². The van der Waals surface area contributed by atoms with Crippen molar-refractivity contribution in [2.24, 2.45) is 0 Å². The third-order valence-electron chi connectivity index (χ3n) is 1.89. The maximum atomic E-state index is 12.1. The van der Waals surface area contributed by atoms with E-state index in [9.17, 15) is 22.8 Å². The maximum absolute atomic E-state index is 12.1. The molecule has 0 aliphatic carbocycles. The fourth-order valence-corrected chi connectivity index (χ4v) is 1.28. The van der Waals surface area contributed by atoms with E-state index >= 15 is 0 Å². The Labute approximate surface area is 100 Å². The zero-order chi connectivity index (χ0) is 13.8. The Hall–Kier alpha value is -2.05. The molecule has 7 heteroatoms. The van der Waals surface area contributed by atoms with Crippen LogP contribution in [0.25, 0.3) is 0 Å². The van der Waals surface area contributed by atoms with Gasteiger partial charge in [0.2, 0.25) is 0 Å². The Morgan fingerprint density at radius 1 is 1.39 bits per heavy atom. The molecule has 0 radical (unpaired) electrons.